The van der Waals surface area contributed by atoms with Gasteiger partial charge in [-0.2, -0.15) is 0 Å². The molecule has 0 radical (unpaired) electrons. The molecule has 3 aromatic rings. The number of ether oxygens (including phenoxy) is 1. The second kappa shape index (κ2) is 13.7. The van der Waals surface area contributed by atoms with Crippen LogP contribution in [-0.2, 0) is 33.7 Å². The van der Waals surface area contributed by atoms with Gasteiger partial charge in [0, 0.05) is 26.0 Å². The molecule has 0 saturated heterocycles. The number of hydrogen-bond acceptors (Lipinski definition) is 4. The van der Waals surface area contributed by atoms with Gasteiger partial charge in [0.25, 0.3) is 0 Å². The highest BCUT2D eigenvalue weighted by Gasteiger charge is 2.27. The fourth-order valence-corrected chi connectivity index (χ4v) is 5.93. The number of nitrogens with zero attached hydrogens (tertiary/aromatic N) is 3. The molecule has 1 saturated carbocycles. The van der Waals surface area contributed by atoms with Crippen molar-refractivity contribution >= 4 is 28.5 Å². The Morgan fingerprint density at radius 2 is 1.90 bits per heavy atom. The minimum absolute atomic E-state index is 0.0126. The number of aryl methyl sites for hydroxylation is 3. The zero-order valence-electron chi connectivity index (χ0n) is 24.0. The van der Waals surface area contributed by atoms with Gasteiger partial charge in [-0.25, -0.2) is 4.98 Å². The molecule has 0 spiro atoms. The third kappa shape index (κ3) is 6.88. The molecule has 7 nitrogen and oxygen atoms in total. The van der Waals surface area contributed by atoms with Gasteiger partial charge < -0.3 is 19.5 Å². The number of amides is 2. The Balaban J connectivity index is 1.54. The summed E-state index contributed by atoms with van der Waals surface area (Å²) in [6.45, 7) is 7.48. The van der Waals surface area contributed by atoms with Gasteiger partial charge in [-0.15, -0.1) is 0 Å². The van der Waals surface area contributed by atoms with E-state index >= 15 is 0 Å². The molecule has 1 aromatic heterocycles. The number of nitrogens with one attached hydrogen (secondary N) is 1. The summed E-state index contributed by atoms with van der Waals surface area (Å²) >= 11 is 0. The fourth-order valence-electron chi connectivity index (χ4n) is 5.93. The van der Waals surface area contributed by atoms with E-state index in [1.165, 1.54) is 6.42 Å². The molecule has 0 bridgehead atoms. The van der Waals surface area contributed by atoms with Crippen molar-refractivity contribution in [2.24, 2.45) is 5.92 Å². The molecule has 1 fully saturated rings. The number of aromatic nitrogens is 2. The number of carbonyl (C=O) groups is 2. The van der Waals surface area contributed by atoms with Gasteiger partial charge in [-0.3, -0.25) is 9.59 Å². The van der Waals surface area contributed by atoms with Gasteiger partial charge >= 0.3 is 0 Å². The number of para-hydroxylation sites is 3. The summed E-state index contributed by atoms with van der Waals surface area (Å²) in [6, 6.07) is 14.1. The molecule has 210 valence electrons. The summed E-state index contributed by atoms with van der Waals surface area (Å²) in [6.07, 6.45) is 7.85. The summed E-state index contributed by atoms with van der Waals surface area (Å²) in [5.74, 6) is 1.23. The molecule has 39 heavy (non-hydrogen) atoms. The highest BCUT2D eigenvalue weighted by molar-refractivity contribution is 5.96. The Morgan fingerprint density at radius 3 is 2.64 bits per heavy atom. The lowest BCUT2D eigenvalue weighted by Crippen LogP contribution is -2.44. The Bertz CT molecular complexity index is 1260. The molecule has 1 atom stereocenters. The van der Waals surface area contributed by atoms with E-state index in [4.69, 9.17) is 9.72 Å². The van der Waals surface area contributed by atoms with Gasteiger partial charge in [-0.1, -0.05) is 56.5 Å². The molecule has 1 N–H and O–H groups in total. The van der Waals surface area contributed by atoms with Crippen molar-refractivity contribution in [2.45, 2.75) is 84.7 Å². The van der Waals surface area contributed by atoms with Crippen molar-refractivity contribution in [1.29, 1.82) is 0 Å². The second-order valence-electron chi connectivity index (χ2n) is 10.8. The smallest absolute Gasteiger partial charge is 0.247 e. The standard InChI is InChI=1S/C32H44N4O3/c1-5-25-16-11-13-23(2)31(25)36(24(3)22-39-4)30(37)21-35-28-18-10-9-17-27(28)34-29(35)19-12-20-33-32(38)26-14-7-6-8-15-26/h9-11,13,16-18,24,26H,5-8,12,14-15,19-22H2,1-4H3,(H,33,38). The molecular formula is C32H44N4O3. The van der Waals surface area contributed by atoms with E-state index in [1.54, 1.807) is 7.11 Å². The summed E-state index contributed by atoms with van der Waals surface area (Å²) in [5.41, 5.74) is 5.04. The number of imidazole rings is 1. The van der Waals surface area contributed by atoms with Crippen LogP contribution in [0.15, 0.2) is 42.5 Å². The van der Waals surface area contributed by atoms with E-state index in [9.17, 15) is 9.59 Å². The SMILES string of the molecule is CCc1cccc(C)c1N(C(=O)Cn1c(CCCNC(=O)C2CCCCC2)nc2ccccc21)C(C)COC. The van der Waals surface area contributed by atoms with Crippen LogP contribution in [0.3, 0.4) is 0 Å². The van der Waals surface area contributed by atoms with E-state index in [-0.39, 0.29) is 30.3 Å². The third-order valence-electron chi connectivity index (χ3n) is 7.94. The molecule has 7 heteroatoms. The average molecular weight is 533 g/mol. The van der Waals surface area contributed by atoms with Crippen molar-refractivity contribution in [3.8, 4) is 0 Å². The van der Waals surface area contributed by atoms with Crippen LogP contribution in [0.2, 0.25) is 0 Å². The first-order valence-electron chi connectivity index (χ1n) is 14.6. The molecular weight excluding hydrogens is 488 g/mol. The number of carbonyl (C=O) groups excluding carboxylic acids is 2. The first-order valence-corrected chi connectivity index (χ1v) is 14.6. The van der Waals surface area contributed by atoms with Crippen LogP contribution in [0.5, 0.6) is 0 Å². The highest BCUT2D eigenvalue weighted by Crippen LogP contribution is 2.29. The predicted molar refractivity (Wildman–Crippen MR) is 157 cm³/mol. The number of methoxy groups -OCH3 is 1. The van der Waals surface area contributed by atoms with Crippen molar-refractivity contribution < 1.29 is 14.3 Å². The predicted octanol–water partition coefficient (Wildman–Crippen LogP) is 5.60. The Morgan fingerprint density at radius 1 is 1.13 bits per heavy atom. The molecule has 2 amide bonds. The largest absolute Gasteiger partial charge is 0.383 e. The zero-order chi connectivity index (χ0) is 27.8. The van der Waals surface area contributed by atoms with E-state index < -0.39 is 0 Å². The van der Waals surface area contributed by atoms with E-state index in [0.29, 0.717) is 19.6 Å². The van der Waals surface area contributed by atoms with Crippen molar-refractivity contribution in [2.75, 3.05) is 25.2 Å². The van der Waals surface area contributed by atoms with Crippen LogP contribution in [0.1, 0.15) is 69.3 Å². The summed E-state index contributed by atoms with van der Waals surface area (Å²) in [5, 5.41) is 3.14. The van der Waals surface area contributed by atoms with Gasteiger partial charge in [0.1, 0.15) is 12.4 Å². The van der Waals surface area contributed by atoms with Gasteiger partial charge in [0.2, 0.25) is 11.8 Å². The molecule has 1 unspecified atom stereocenters. The molecule has 4 rings (SSSR count). The van der Waals surface area contributed by atoms with Gasteiger partial charge in [-0.05, 0) is 62.8 Å². The van der Waals surface area contributed by atoms with Crippen molar-refractivity contribution in [3.05, 3.63) is 59.4 Å². The zero-order valence-corrected chi connectivity index (χ0v) is 24.0. The van der Waals surface area contributed by atoms with Gasteiger partial charge in [0.15, 0.2) is 0 Å². The van der Waals surface area contributed by atoms with E-state index in [2.05, 4.69) is 41.9 Å². The maximum atomic E-state index is 14.1. The number of fused-ring (bicyclic) bond motifs is 1. The van der Waals surface area contributed by atoms with Crippen molar-refractivity contribution in [1.82, 2.24) is 14.9 Å². The Kier molecular flexibility index (Phi) is 10.2. The Labute approximate surface area is 232 Å². The minimum Gasteiger partial charge on any atom is -0.383 e. The van der Waals surface area contributed by atoms with Crippen LogP contribution in [-0.4, -0.2) is 47.7 Å². The number of hydrogen-bond donors (Lipinski definition) is 1. The molecule has 1 aliphatic carbocycles. The topological polar surface area (TPSA) is 76.5 Å². The van der Waals surface area contributed by atoms with E-state index in [0.717, 1.165) is 72.2 Å². The molecule has 1 aliphatic rings. The minimum atomic E-state index is -0.123. The van der Waals surface area contributed by atoms with Crippen LogP contribution in [0, 0.1) is 12.8 Å². The molecule has 2 aromatic carbocycles. The Hall–Kier alpha value is -3.19. The maximum absolute atomic E-state index is 14.1. The summed E-state index contributed by atoms with van der Waals surface area (Å²) in [4.78, 5) is 33.5. The quantitative estimate of drug-likeness (QED) is 0.308. The van der Waals surface area contributed by atoms with Crippen LogP contribution < -0.4 is 10.2 Å². The fraction of sp³-hybridized carbons (Fsp3) is 0.531. The molecule has 1 heterocycles. The maximum Gasteiger partial charge on any atom is 0.247 e. The first-order chi connectivity index (χ1) is 18.9. The lowest BCUT2D eigenvalue weighted by atomic mass is 9.89. The number of anilines is 1. The number of rotatable bonds is 12. The number of benzene rings is 2. The highest BCUT2D eigenvalue weighted by atomic mass is 16.5. The lowest BCUT2D eigenvalue weighted by molar-refractivity contribution is -0.126. The normalized spacial score (nSPS) is 14.9. The average Bonchev–Trinajstić information content (AvgIpc) is 3.29. The van der Waals surface area contributed by atoms with Crippen LogP contribution in [0.4, 0.5) is 5.69 Å². The summed E-state index contributed by atoms with van der Waals surface area (Å²) < 4.78 is 7.53. The van der Waals surface area contributed by atoms with Gasteiger partial charge in [0.05, 0.1) is 29.4 Å². The van der Waals surface area contributed by atoms with Crippen LogP contribution >= 0.6 is 0 Å². The van der Waals surface area contributed by atoms with Crippen LogP contribution in [0.25, 0.3) is 11.0 Å². The van der Waals surface area contributed by atoms with Crippen molar-refractivity contribution in [3.63, 3.8) is 0 Å². The van der Waals surface area contributed by atoms with E-state index in [1.807, 2.05) is 36.1 Å². The third-order valence-corrected chi connectivity index (χ3v) is 7.94. The lowest BCUT2D eigenvalue weighted by Gasteiger charge is -2.32. The summed E-state index contributed by atoms with van der Waals surface area (Å²) in [7, 11) is 1.67. The second-order valence-corrected chi connectivity index (χ2v) is 10.8. The monoisotopic (exact) mass is 532 g/mol. The first kappa shape index (κ1) is 28.8. The molecule has 0 aliphatic heterocycles.